The Balaban J connectivity index is 1.43. The summed E-state index contributed by atoms with van der Waals surface area (Å²) < 4.78 is 86.9. The number of nitrogens with zero attached hydrogens (tertiary/aromatic N) is 1. The van der Waals surface area contributed by atoms with Gasteiger partial charge in [-0.05, 0) is 79.3 Å². The number of halogens is 6. The number of amides is 2. The lowest BCUT2D eigenvalue weighted by atomic mass is 9.68. The molecule has 0 bridgehead atoms. The number of benzene rings is 2. The van der Waals surface area contributed by atoms with E-state index in [2.05, 4.69) is 0 Å². The van der Waals surface area contributed by atoms with Crippen LogP contribution in [0, 0.1) is 17.8 Å². The fourth-order valence-electron chi connectivity index (χ4n) is 6.57. The summed E-state index contributed by atoms with van der Waals surface area (Å²) in [6.45, 7) is 0.615. The summed E-state index contributed by atoms with van der Waals surface area (Å²) in [5.74, 6) is -4.78. The maximum Gasteiger partial charge on any atom is 0.416 e. The predicted octanol–water partition coefficient (Wildman–Crippen LogP) is 6.63. The standard InChI is InChI=1S/C34H31F6NO6/c1-18-11-26-30(32(46)41(31(26)45)23-14-21(33(35,36)37)13-22(15-23)34(38,39)40)27(17-43)29(18)28(44)10-7-20(19-5-3-2-4-6-19)12-24-8-9-25(16-42)47-24/h2-6,8-9,12-15,26-28,30,42-44H,7,10-11,16-17H2,1H3/b20-12-/t26-,27+,28-,30-/m1/s1. The number of imide groups is 1. The van der Waals surface area contributed by atoms with Crippen LogP contribution in [0.2, 0.25) is 0 Å². The van der Waals surface area contributed by atoms with Gasteiger partial charge in [-0.3, -0.25) is 9.59 Å². The Morgan fingerprint density at radius 2 is 1.60 bits per heavy atom. The molecule has 0 radical (unpaired) electrons. The fraction of sp³-hybridized carbons (Fsp3) is 0.353. The number of fused-ring (bicyclic) bond motifs is 1. The molecule has 0 saturated carbocycles. The Bertz CT molecular complexity index is 1680. The monoisotopic (exact) mass is 663 g/mol. The van der Waals surface area contributed by atoms with Crippen molar-refractivity contribution in [2.24, 2.45) is 17.8 Å². The quantitative estimate of drug-likeness (QED) is 0.135. The van der Waals surface area contributed by atoms with Crippen LogP contribution in [0.4, 0.5) is 32.0 Å². The topological polar surface area (TPSA) is 111 Å². The summed E-state index contributed by atoms with van der Waals surface area (Å²) in [7, 11) is 0. The maximum atomic E-state index is 13.7. The Morgan fingerprint density at radius 1 is 0.957 bits per heavy atom. The van der Waals surface area contributed by atoms with Crippen molar-refractivity contribution in [2.45, 2.75) is 51.2 Å². The van der Waals surface area contributed by atoms with E-state index >= 15 is 0 Å². The van der Waals surface area contributed by atoms with Crippen molar-refractivity contribution in [3.8, 4) is 0 Å². The molecule has 2 aliphatic rings. The average molecular weight is 664 g/mol. The summed E-state index contributed by atoms with van der Waals surface area (Å²) in [5, 5.41) is 31.2. The number of aliphatic hydroxyl groups excluding tert-OH is 3. The molecule has 3 N–H and O–H groups in total. The van der Waals surface area contributed by atoms with Crippen LogP contribution in [-0.2, 0) is 28.5 Å². The molecule has 13 heteroatoms. The molecule has 2 amide bonds. The largest absolute Gasteiger partial charge is 0.459 e. The molecule has 1 fully saturated rings. The molecule has 1 aliphatic heterocycles. The highest BCUT2D eigenvalue weighted by Gasteiger charge is 2.55. The van der Waals surface area contributed by atoms with E-state index in [4.69, 9.17) is 4.42 Å². The molecule has 47 heavy (non-hydrogen) atoms. The highest BCUT2D eigenvalue weighted by Crippen LogP contribution is 2.48. The lowest BCUT2D eigenvalue weighted by molar-refractivity contribution is -0.143. The molecule has 1 aliphatic carbocycles. The van der Waals surface area contributed by atoms with Crippen molar-refractivity contribution < 1.29 is 55.7 Å². The fourth-order valence-corrected chi connectivity index (χ4v) is 6.57. The minimum atomic E-state index is -5.19. The van der Waals surface area contributed by atoms with Gasteiger partial charge in [-0.25, -0.2) is 4.90 Å². The first-order valence-electron chi connectivity index (χ1n) is 14.7. The minimum Gasteiger partial charge on any atom is -0.459 e. The molecule has 4 atom stereocenters. The van der Waals surface area contributed by atoms with E-state index in [1.54, 1.807) is 25.1 Å². The second kappa shape index (κ2) is 13.1. The average Bonchev–Trinajstić information content (AvgIpc) is 3.58. The second-order valence-corrected chi connectivity index (χ2v) is 11.7. The first-order chi connectivity index (χ1) is 22.1. The van der Waals surface area contributed by atoms with Gasteiger partial charge >= 0.3 is 12.4 Å². The predicted molar refractivity (Wildman–Crippen MR) is 158 cm³/mol. The number of hydrogen-bond donors (Lipinski definition) is 3. The van der Waals surface area contributed by atoms with Crippen LogP contribution in [0.3, 0.4) is 0 Å². The molecule has 2 heterocycles. The van der Waals surface area contributed by atoms with Crippen molar-refractivity contribution in [1.29, 1.82) is 0 Å². The third-order valence-corrected chi connectivity index (χ3v) is 8.70. The van der Waals surface area contributed by atoms with Gasteiger partial charge < -0.3 is 19.7 Å². The van der Waals surface area contributed by atoms with E-state index in [9.17, 15) is 51.3 Å². The number of anilines is 1. The summed E-state index contributed by atoms with van der Waals surface area (Å²) >= 11 is 0. The van der Waals surface area contributed by atoms with E-state index in [0.29, 0.717) is 39.7 Å². The van der Waals surface area contributed by atoms with Crippen LogP contribution < -0.4 is 4.90 Å². The molecular weight excluding hydrogens is 632 g/mol. The van der Waals surface area contributed by atoms with Gasteiger partial charge in [-0.15, -0.1) is 0 Å². The maximum absolute atomic E-state index is 13.7. The minimum absolute atomic E-state index is 0.0859. The third kappa shape index (κ3) is 6.92. The van der Waals surface area contributed by atoms with Crippen LogP contribution in [-0.4, -0.2) is 39.8 Å². The van der Waals surface area contributed by atoms with Gasteiger partial charge in [0.25, 0.3) is 0 Å². The molecule has 1 saturated heterocycles. The van der Waals surface area contributed by atoms with E-state index < -0.39 is 71.4 Å². The molecule has 5 rings (SSSR count). The van der Waals surface area contributed by atoms with Crippen molar-refractivity contribution in [2.75, 3.05) is 11.5 Å². The van der Waals surface area contributed by atoms with E-state index in [1.807, 2.05) is 30.3 Å². The molecule has 1 aromatic heterocycles. The molecule has 3 aromatic rings. The summed E-state index contributed by atoms with van der Waals surface area (Å²) in [5.41, 5.74) is -1.85. The number of hydrogen-bond acceptors (Lipinski definition) is 6. The number of carbonyl (C=O) groups is 2. The van der Waals surface area contributed by atoms with Gasteiger partial charge in [0.2, 0.25) is 11.8 Å². The van der Waals surface area contributed by atoms with Gasteiger partial charge in [-0.2, -0.15) is 26.3 Å². The Labute approximate surface area is 265 Å². The zero-order valence-electron chi connectivity index (χ0n) is 25.0. The van der Waals surface area contributed by atoms with Gasteiger partial charge in [0.15, 0.2) is 0 Å². The number of carbonyl (C=O) groups excluding carboxylic acids is 2. The van der Waals surface area contributed by atoms with Gasteiger partial charge in [0.1, 0.15) is 18.1 Å². The lowest BCUT2D eigenvalue weighted by Crippen LogP contribution is -2.38. The lowest BCUT2D eigenvalue weighted by Gasteiger charge is -2.35. The van der Waals surface area contributed by atoms with Gasteiger partial charge in [0, 0.05) is 5.92 Å². The SMILES string of the molecule is CC1=C([C@H](O)CC/C(=C/c2ccc(CO)o2)c2ccccc2)[C@H](CO)[C@@H]2C(=O)N(c3cc(C(F)(F)F)cc(C(F)(F)F)c3)C(=O)[C@@H]2C1. The van der Waals surface area contributed by atoms with E-state index in [0.717, 1.165) is 11.1 Å². The van der Waals surface area contributed by atoms with Crippen LogP contribution in [0.25, 0.3) is 11.6 Å². The molecule has 0 spiro atoms. The molecule has 0 unspecified atom stereocenters. The normalized spacial score (nSPS) is 21.4. The first-order valence-corrected chi connectivity index (χ1v) is 14.7. The Kier molecular flexibility index (Phi) is 9.54. The second-order valence-electron chi connectivity index (χ2n) is 11.7. The zero-order chi connectivity index (χ0) is 34.3. The molecule has 2 aromatic carbocycles. The summed E-state index contributed by atoms with van der Waals surface area (Å²) in [6.07, 6.45) is -9.55. The van der Waals surface area contributed by atoms with Crippen molar-refractivity contribution in [3.63, 3.8) is 0 Å². The Morgan fingerprint density at radius 3 is 2.15 bits per heavy atom. The van der Waals surface area contributed by atoms with E-state index in [1.165, 1.54) is 0 Å². The van der Waals surface area contributed by atoms with E-state index in [-0.39, 0.29) is 31.9 Å². The highest BCUT2D eigenvalue weighted by atomic mass is 19.4. The molecule has 250 valence electrons. The van der Waals surface area contributed by atoms with Crippen LogP contribution >= 0.6 is 0 Å². The zero-order valence-corrected chi connectivity index (χ0v) is 25.0. The van der Waals surface area contributed by atoms with Crippen molar-refractivity contribution in [3.05, 3.63) is 100 Å². The van der Waals surface area contributed by atoms with Gasteiger partial charge in [-0.1, -0.05) is 35.9 Å². The third-order valence-electron chi connectivity index (χ3n) is 8.70. The van der Waals surface area contributed by atoms with Crippen molar-refractivity contribution >= 4 is 29.2 Å². The number of furan rings is 1. The highest BCUT2D eigenvalue weighted by molar-refractivity contribution is 6.22. The summed E-state index contributed by atoms with van der Waals surface area (Å²) in [4.78, 5) is 27.5. The van der Waals surface area contributed by atoms with Crippen LogP contribution in [0.1, 0.15) is 54.4 Å². The molecular formula is C34H31F6NO6. The summed E-state index contributed by atoms with van der Waals surface area (Å²) in [6, 6.07) is 13.1. The van der Waals surface area contributed by atoms with Gasteiger partial charge in [0.05, 0.1) is 41.4 Å². The number of rotatable bonds is 9. The van der Waals surface area contributed by atoms with Crippen LogP contribution in [0.15, 0.2) is 76.2 Å². The number of aliphatic hydroxyl groups is 3. The molecule has 7 nitrogen and oxygen atoms in total. The smallest absolute Gasteiger partial charge is 0.416 e. The number of alkyl halides is 6. The number of allylic oxidation sites excluding steroid dienone is 2. The Hall–Kier alpha value is -4.20. The van der Waals surface area contributed by atoms with Crippen molar-refractivity contribution in [1.82, 2.24) is 0 Å². The first kappa shape index (κ1) is 34.1. The van der Waals surface area contributed by atoms with Crippen LogP contribution in [0.5, 0.6) is 0 Å².